The Labute approximate surface area is 83.3 Å². The molecule has 1 heteroatoms. The van der Waals surface area contributed by atoms with Crippen molar-refractivity contribution >= 4 is 0 Å². The van der Waals surface area contributed by atoms with E-state index in [-0.39, 0.29) is 0 Å². The highest BCUT2D eigenvalue weighted by Gasteiger charge is 2.30. The van der Waals surface area contributed by atoms with Gasteiger partial charge in [-0.2, -0.15) is 0 Å². The standard InChI is InChI=1S/C12H25N/c1-3-4-5-6-7-11-13-12(2)9-8-10-12/h13H,3-11H2,1-2H3. The van der Waals surface area contributed by atoms with Crippen LogP contribution in [0.3, 0.4) is 0 Å². The molecule has 0 aliphatic heterocycles. The van der Waals surface area contributed by atoms with Crippen LogP contribution in [-0.2, 0) is 0 Å². The van der Waals surface area contributed by atoms with Crippen molar-refractivity contribution in [2.24, 2.45) is 0 Å². The van der Waals surface area contributed by atoms with E-state index < -0.39 is 0 Å². The van der Waals surface area contributed by atoms with Crippen molar-refractivity contribution in [2.45, 2.75) is 70.8 Å². The SMILES string of the molecule is CCCCCCCNC1(C)CCC1. The van der Waals surface area contributed by atoms with Gasteiger partial charge in [0.2, 0.25) is 0 Å². The maximum absolute atomic E-state index is 3.67. The van der Waals surface area contributed by atoms with Crippen LogP contribution in [0.25, 0.3) is 0 Å². The molecular formula is C12H25N. The Morgan fingerprint density at radius 1 is 1.08 bits per heavy atom. The van der Waals surface area contributed by atoms with Gasteiger partial charge in [-0.15, -0.1) is 0 Å². The van der Waals surface area contributed by atoms with E-state index in [2.05, 4.69) is 19.2 Å². The minimum absolute atomic E-state index is 0.519. The summed E-state index contributed by atoms with van der Waals surface area (Å²) >= 11 is 0. The largest absolute Gasteiger partial charge is 0.312 e. The van der Waals surface area contributed by atoms with Gasteiger partial charge in [0, 0.05) is 5.54 Å². The molecule has 0 atom stereocenters. The Balaban J connectivity index is 1.83. The lowest BCUT2D eigenvalue weighted by Crippen LogP contribution is -2.48. The van der Waals surface area contributed by atoms with Crippen molar-refractivity contribution in [1.82, 2.24) is 5.32 Å². The van der Waals surface area contributed by atoms with Gasteiger partial charge < -0.3 is 5.32 Å². The number of rotatable bonds is 7. The van der Waals surface area contributed by atoms with Crippen molar-refractivity contribution in [3.8, 4) is 0 Å². The summed E-state index contributed by atoms with van der Waals surface area (Å²) in [6, 6.07) is 0. The van der Waals surface area contributed by atoms with E-state index in [4.69, 9.17) is 0 Å². The monoisotopic (exact) mass is 183 g/mol. The molecular weight excluding hydrogens is 158 g/mol. The van der Waals surface area contributed by atoms with E-state index in [1.165, 1.54) is 57.9 Å². The van der Waals surface area contributed by atoms with Gasteiger partial charge >= 0.3 is 0 Å². The Hall–Kier alpha value is -0.0400. The third-order valence-corrected chi connectivity index (χ3v) is 3.29. The lowest BCUT2D eigenvalue weighted by molar-refractivity contribution is 0.208. The molecule has 13 heavy (non-hydrogen) atoms. The quantitative estimate of drug-likeness (QED) is 0.596. The van der Waals surface area contributed by atoms with Crippen molar-refractivity contribution in [2.75, 3.05) is 6.54 Å². The van der Waals surface area contributed by atoms with Gasteiger partial charge in [-0.3, -0.25) is 0 Å². The molecule has 0 heterocycles. The summed E-state index contributed by atoms with van der Waals surface area (Å²) in [6.45, 7) is 5.87. The average molecular weight is 183 g/mol. The smallest absolute Gasteiger partial charge is 0.0153 e. The van der Waals surface area contributed by atoms with Gasteiger partial charge in [0.15, 0.2) is 0 Å². The van der Waals surface area contributed by atoms with Crippen molar-refractivity contribution < 1.29 is 0 Å². The first-order chi connectivity index (χ1) is 6.27. The van der Waals surface area contributed by atoms with Crippen LogP contribution < -0.4 is 5.32 Å². The first-order valence-corrected chi connectivity index (χ1v) is 6.02. The van der Waals surface area contributed by atoms with Crippen molar-refractivity contribution in [3.63, 3.8) is 0 Å². The molecule has 1 saturated carbocycles. The predicted octanol–water partition coefficient (Wildman–Crippen LogP) is 3.49. The van der Waals surface area contributed by atoms with Crippen LogP contribution in [0.2, 0.25) is 0 Å². The molecule has 0 bridgehead atoms. The van der Waals surface area contributed by atoms with Crippen LogP contribution in [0.1, 0.15) is 65.2 Å². The van der Waals surface area contributed by atoms with E-state index in [0.717, 1.165) is 0 Å². The topological polar surface area (TPSA) is 12.0 Å². The lowest BCUT2D eigenvalue weighted by Gasteiger charge is -2.39. The molecule has 0 aromatic rings. The van der Waals surface area contributed by atoms with Crippen LogP contribution in [0.4, 0.5) is 0 Å². The maximum Gasteiger partial charge on any atom is 0.0153 e. The zero-order chi connectivity index (χ0) is 9.57. The highest BCUT2D eigenvalue weighted by atomic mass is 15.0. The summed E-state index contributed by atoms with van der Waals surface area (Å²) in [5, 5.41) is 3.67. The van der Waals surface area contributed by atoms with Crippen LogP contribution >= 0.6 is 0 Å². The van der Waals surface area contributed by atoms with Gasteiger partial charge in [0.1, 0.15) is 0 Å². The molecule has 0 amide bonds. The predicted molar refractivity (Wildman–Crippen MR) is 59.0 cm³/mol. The molecule has 1 rings (SSSR count). The lowest BCUT2D eigenvalue weighted by atomic mass is 9.78. The molecule has 0 saturated heterocycles. The minimum atomic E-state index is 0.519. The Bertz CT molecular complexity index is 127. The molecule has 1 aliphatic carbocycles. The molecule has 1 nitrogen and oxygen atoms in total. The molecule has 0 aromatic heterocycles. The van der Waals surface area contributed by atoms with E-state index >= 15 is 0 Å². The summed E-state index contributed by atoms with van der Waals surface area (Å²) in [4.78, 5) is 0. The Morgan fingerprint density at radius 2 is 1.77 bits per heavy atom. The normalized spacial score (nSPS) is 19.8. The molecule has 0 radical (unpaired) electrons. The first-order valence-electron chi connectivity index (χ1n) is 6.02. The summed E-state index contributed by atoms with van der Waals surface area (Å²) in [6.07, 6.45) is 11.2. The Kier molecular flexibility index (Phi) is 4.79. The van der Waals surface area contributed by atoms with E-state index in [0.29, 0.717) is 5.54 Å². The highest BCUT2D eigenvalue weighted by molar-refractivity contribution is 4.91. The van der Waals surface area contributed by atoms with E-state index in [9.17, 15) is 0 Å². The van der Waals surface area contributed by atoms with Crippen LogP contribution in [0.15, 0.2) is 0 Å². The van der Waals surface area contributed by atoms with Crippen LogP contribution in [0.5, 0.6) is 0 Å². The summed E-state index contributed by atoms with van der Waals surface area (Å²) in [5.74, 6) is 0. The van der Waals surface area contributed by atoms with E-state index in [1.807, 2.05) is 0 Å². The Morgan fingerprint density at radius 3 is 2.31 bits per heavy atom. The van der Waals surface area contributed by atoms with Crippen LogP contribution in [0, 0.1) is 0 Å². The molecule has 0 spiro atoms. The molecule has 1 aliphatic rings. The van der Waals surface area contributed by atoms with Gasteiger partial charge in [-0.05, 0) is 39.2 Å². The fraction of sp³-hybridized carbons (Fsp3) is 1.00. The van der Waals surface area contributed by atoms with E-state index in [1.54, 1.807) is 0 Å². The number of hydrogen-bond donors (Lipinski definition) is 1. The molecule has 0 aromatic carbocycles. The van der Waals surface area contributed by atoms with Crippen molar-refractivity contribution in [3.05, 3.63) is 0 Å². The third kappa shape index (κ3) is 4.12. The second-order valence-corrected chi connectivity index (χ2v) is 4.76. The fourth-order valence-electron chi connectivity index (χ4n) is 2.00. The highest BCUT2D eigenvalue weighted by Crippen LogP contribution is 2.30. The second kappa shape index (κ2) is 5.64. The number of unbranched alkanes of at least 4 members (excludes halogenated alkanes) is 4. The van der Waals surface area contributed by atoms with Gasteiger partial charge in [0.25, 0.3) is 0 Å². The zero-order valence-electron chi connectivity index (χ0n) is 9.36. The average Bonchev–Trinajstić information content (AvgIpc) is 2.08. The second-order valence-electron chi connectivity index (χ2n) is 4.76. The van der Waals surface area contributed by atoms with Crippen molar-refractivity contribution in [1.29, 1.82) is 0 Å². The fourth-order valence-corrected chi connectivity index (χ4v) is 2.00. The van der Waals surface area contributed by atoms with Crippen LogP contribution in [-0.4, -0.2) is 12.1 Å². The van der Waals surface area contributed by atoms with Gasteiger partial charge in [0.05, 0.1) is 0 Å². The molecule has 0 unspecified atom stereocenters. The zero-order valence-corrected chi connectivity index (χ0v) is 9.36. The van der Waals surface area contributed by atoms with Gasteiger partial charge in [-0.25, -0.2) is 0 Å². The first kappa shape index (κ1) is 11.0. The molecule has 1 N–H and O–H groups in total. The minimum Gasteiger partial charge on any atom is -0.312 e. The summed E-state index contributed by atoms with van der Waals surface area (Å²) < 4.78 is 0. The maximum atomic E-state index is 3.67. The summed E-state index contributed by atoms with van der Waals surface area (Å²) in [7, 11) is 0. The van der Waals surface area contributed by atoms with Gasteiger partial charge in [-0.1, -0.05) is 32.6 Å². The molecule has 78 valence electrons. The number of nitrogens with one attached hydrogen (secondary N) is 1. The number of hydrogen-bond acceptors (Lipinski definition) is 1. The third-order valence-electron chi connectivity index (χ3n) is 3.29. The summed E-state index contributed by atoms with van der Waals surface area (Å²) in [5.41, 5.74) is 0.519. The molecule has 1 fully saturated rings.